The van der Waals surface area contributed by atoms with E-state index in [2.05, 4.69) is 10.3 Å². The quantitative estimate of drug-likeness (QED) is 0.807. The monoisotopic (exact) mass is 326 g/mol. The SMILES string of the molecule is O=C(O)c1cc(Cl)cc(Cl)c1NC(=O)c1c[nH]ccc1=O. The van der Waals surface area contributed by atoms with Gasteiger partial charge in [-0.2, -0.15) is 0 Å². The molecule has 108 valence electrons. The number of carboxylic acids is 1. The molecule has 0 aliphatic heterocycles. The zero-order valence-corrected chi connectivity index (χ0v) is 11.8. The molecule has 0 spiro atoms. The molecule has 21 heavy (non-hydrogen) atoms. The Labute approximate surface area is 128 Å². The number of aromatic carboxylic acids is 1. The summed E-state index contributed by atoms with van der Waals surface area (Å²) in [4.78, 5) is 37.4. The van der Waals surface area contributed by atoms with Gasteiger partial charge in [0.05, 0.1) is 16.3 Å². The topological polar surface area (TPSA) is 99.3 Å². The summed E-state index contributed by atoms with van der Waals surface area (Å²) in [5.41, 5.74) is -1.07. The highest BCUT2D eigenvalue weighted by atomic mass is 35.5. The van der Waals surface area contributed by atoms with Crippen LogP contribution < -0.4 is 10.7 Å². The number of hydrogen-bond donors (Lipinski definition) is 3. The minimum Gasteiger partial charge on any atom is -0.478 e. The second-order valence-corrected chi connectivity index (χ2v) is 4.84. The van der Waals surface area contributed by atoms with Crippen LogP contribution in [0, 0.1) is 0 Å². The Bertz CT molecular complexity index is 786. The highest BCUT2D eigenvalue weighted by Crippen LogP contribution is 2.30. The molecule has 0 fully saturated rings. The fraction of sp³-hybridized carbons (Fsp3) is 0. The number of aromatic nitrogens is 1. The summed E-state index contributed by atoms with van der Waals surface area (Å²) in [6.07, 6.45) is 2.58. The lowest BCUT2D eigenvalue weighted by Crippen LogP contribution is -2.22. The highest BCUT2D eigenvalue weighted by Gasteiger charge is 2.19. The van der Waals surface area contributed by atoms with Gasteiger partial charge in [0.15, 0.2) is 5.43 Å². The molecule has 0 aliphatic rings. The van der Waals surface area contributed by atoms with Crippen molar-refractivity contribution in [2.24, 2.45) is 0 Å². The minimum atomic E-state index is -1.31. The third-order valence-corrected chi connectivity index (χ3v) is 3.11. The molecule has 2 rings (SSSR count). The number of hydrogen-bond acceptors (Lipinski definition) is 3. The predicted molar refractivity (Wildman–Crippen MR) is 78.4 cm³/mol. The Kier molecular flexibility index (Phi) is 4.30. The molecule has 1 aromatic carbocycles. The molecular formula is C13H8Cl2N2O4. The lowest BCUT2D eigenvalue weighted by Gasteiger charge is -2.10. The summed E-state index contributed by atoms with van der Waals surface area (Å²) in [5.74, 6) is -2.08. The number of carbonyl (C=O) groups excluding carboxylic acids is 1. The van der Waals surface area contributed by atoms with Crippen LogP contribution in [0.2, 0.25) is 10.0 Å². The van der Waals surface area contributed by atoms with Crippen molar-refractivity contribution in [1.29, 1.82) is 0 Å². The van der Waals surface area contributed by atoms with Crippen molar-refractivity contribution >= 4 is 40.8 Å². The summed E-state index contributed by atoms with van der Waals surface area (Å²) >= 11 is 11.6. The maximum absolute atomic E-state index is 12.0. The molecule has 1 aromatic heterocycles. The van der Waals surface area contributed by atoms with Gasteiger partial charge in [0, 0.05) is 23.5 Å². The number of carbonyl (C=O) groups is 2. The number of pyridine rings is 1. The van der Waals surface area contributed by atoms with Gasteiger partial charge in [-0.05, 0) is 12.1 Å². The number of anilines is 1. The van der Waals surface area contributed by atoms with Crippen LogP contribution in [0.15, 0.2) is 35.4 Å². The maximum Gasteiger partial charge on any atom is 0.337 e. The third-order valence-electron chi connectivity index (χ3n) is 2.59. The number of benzene rings is 1. The maximum atomic E-state index is 12.0. The molecule has 8 heteroatoms. The van der Waals surface area contributed by atoms with E-state index in [9.17, 15) is 14.4 Å². The number of aromatic amines is 1. The number of nitrogens with one attached hydrogen (secondary N) is 2. The number of H-pyrrole nitrogens is 1. The second kappa shape index (κ2) is 5.99. The molecule has 2 aromatic rings. The van der Waals surface area contributed by atoms with Crippen LogP contribution >= 0.6 is 23.2 Å². The number of halogens is 2. The van der Waals surface area contributed by atoms with Crippen molar-refractivity contribution in [3.05, 3.63) is 62.0 Å². The van der Waals surface area contributed by atoms with Gasteiger partial charge in [-0.3, -0.25) is 9.59 Å². The van der Waals surface area contributed by atoms with Crippen molar-refractivity contribution in [3.63, 3.8) is 0 Å². The molecule has 0 unspecified atom stereocenters. The molecule has 0 saturated heterocycles. The van der Waals surface area contributed by atoms with Crippen LogP contribution in [0.25, 0.3) is 0 Å². The molecule has 0 saturated carbocycles. The van der Waals surface area contributed by atoms with Gasteiger partial charge in [-0.1, -0.05) is 23.2 Å². The number of rotatable bonds is 3. The van der Waals surface area contributed by atoms with Gasteiger partial charge >= 0.3 is 5.97 Å². The molecule has 1 amide bonds. The molecular weight excluding hydrogens is 319 g/mol. The van der Waals surface area contributed by atoms with E-state index in [1.54, 1.807) is 0 Å². The summed E-state index contributed by atoms with van der Waals surface area (Å²) in [7, 11) is 0. The average Bonchev–Trinajstić information content (AvgIpc) is 2.41. The summed E-state index contributed by atoms with van der Waals surface area (Å²) in [6.45, 7) is 0. The smallest absolute Gasteiger partial charge is 0.337 e. The van der Waals surface area contributed by atoms with E-state index in [4.69, 9.17) is 28.3 Å². The van der Waals surface area contributed by atoms with Crippen molar-refractivity contribution < 1.29 is 14.7 Å². The Morgan fingerprint density at radius 1 is 1.19 bits per heavy atom. The largest absolute Gasteiger partial charge is 0.478 e. The first-order chi connectivity index (χ1) is 9.90. The van der Waals surface area contributed by atoms with Gasteiger partial charge < -0.3 is 15.4 Å². The first kappa shape index (κ1) is 15.1. The van der Waals surface area contributed by atoms with Gasteiger partial charge in [0.25, 0.3) is 5.91 Å². The highest BCUT2D eigenvalue weighted by molar-refractivity contribution is 6.38. The number of amides is 1. The van der Waals surface area contributed by atoms with E-state index in [1.165, 1.54) is 24.5 Å². The Morgan fingerprint density at radius 3 is 2.52 bits per heavy atom. The fourth-order valence-corrected chi connectivity index (χ4v) is 2.18. The molecule has 0 atom stereocenters. The summed E-state index contributed by atoms with van der Waals surface area (Å²) in [5, 5.41) is 11.5. The van der Waals surface area contributed by atoms with E-state index in [0.717, 1.165) is 6.07 Å². The van der Waals surface area contributed by atoms with Crippen LogP contribution in [0.5, 0.6) is 0 Å². The third kappa shape index (κ3) is 3.24. The predicted octanol–water partition coefficient (Wildman–Crippen LogP) is 2.63. The van der Waals surface area contributed by atoms with Crippen LogP contribution in [-0.4, -0.2) is 22.0 Å². The molecule has 6 nitrogen and oxygen atoms in total. The van der Waals surface area contributed by atoms with Gasteiger partial charge in [-0.25, -0.2) is 4.79 Å². The second-order valence-electron chi connectivity index (χ2n) is 3.99. The van der Waals surface area contributed by atoms with Crippen LogP contribution in [0.1, 0.15) is 20.7 Å². The molecule has 3 N–H and O–H groups in total. The zero-order valence-electron chi connectivity index (χ0n) is 10.3. The van der Waals surface area contributed by atoms with E-state index in [1.807, 2.05) is 0 Å². The molecule has 0 radical (unpaired) electrons. The normalized spacial score (nSPS) is 10.2. The zero-order chi connectivity index (χ0) is 15.6. The van der Waals surface area contributed by atoms with Crippen molar-refractivity contribution in [2.45, 2.75) is 0 Å². The molecule has 0 bridgehead atoms. The van der Waals surface area contributed by atoms with Crippen LogP contribution in [-0.2, 0) is 0 Å². The Hall–Kier alpha value is -2.31. The first-order valence-corrected chi connectivity index (χ1v) is 6.36. The lowest BCUT2D eigenvalue weighted by molar-refractivity contribution is 0.0698. The number of carboxylic acid groups (broad SMARTS) is 1. The van der Waals surface area contributed by atoms with Crippen LogP contribution in [0.4, 0.5) is 5.69 Å². The fourth-order valence-electron chi connectivity index (χ4n) is 1.64. The minimum absolute atomic E-state index is 0.0411. The van der Waals surface area contributed by atoms with E-state index in [-0.39, 0.29) is 26.9 Å². The van der Waals surface area contributed by atoms with Gasteiger partial charge in [0.1, 0.15) is 5.56 Å². The van der Waals surface area contributed by atoms with Crippen molar-refractivity contribution in [3.8, 4) is 0 Å². The van der Waals surface area contributed by atoms with E-state index >= 15 is 0 Å². The molecule has 0 aliphatic carbocycles. The van der Waals surface area contributed by atoms with E-state index < -0.39 is 17.3 Å². The first-order valence-electron chi connectivity index (χ1n) is 5.61. The standard InChI is InChI=1S/C13H8Cl2N2O4/c14-6-3-7(13(20)21)11(9(15)4-6)17-12(19)8-5-16-2-1-10(8)18/h1-5H,(H,16,18)(H,17,19)(H,20,21). The Morgan fingerprint density at radius 2 is 1.90 bits per heavy atom. The van der Waals surface area contributed by atoms with Gasteiger partial charge in [-0.15, -0.1) is 0 Å². The van der Waals surface area contributed by atoms with Crippen molar-refractivity contribution in [2.75, 3.05) is 5.32 Å². The summed E-state index contributed by atoms with van der Waals surface area (Å²) < 4.78 is 0. The van der Waals surface area contributed by atoms with Crippen LogP contribution in [0.3, 0.4) is 0 Å². The lowest BCUT2D eigenvalue weighted by atomic mass is 10.1. The van der Waals surface area contributed by atoms with Gasteiger partial charge in [0.2, 0.25) is 0 Å². The Balaban J connectivity index is 2.45. The van der Waals surface area contributed by atoms with E-state index in [0.29, 0.717) is 0 Å². The molecule has 1 heterocycles. The average molecular weight is 327 g/mol. The van der Waals surface area contributed by atoms with Crippen molar-refractivity contribution in [1.82, 2.24) is 4.98 Å². The summed E-state index contributed by atoms with van der Waals surface area (Å²) in [6, 6.07) is 3.62.